The first-order valence-electron chi connectivity index (χ1n) is 20.3. The van der Waals surface area contributed by atoms with Crippen molar-refractivity contribution in [3.8, 4) is 23.0 Å². The Balaban J connectivity index is 1.53. The maximum atomic E-state index is 8.40. The minimum Gasteiger partial charge on any atom is -0.457 e. The van der Waals surface area contributed by atoms with Gasteiger partial charge in [-0.05, 0) is 116 Å². The van der Waals surface area contributed by atoms with Crippen molar-refractivity contribution in [1.29, 1.82) is 0 Å². The molecule has 54 heavy (non-hydrogen) atoms. The Bertz CT molecular complexity index is 2040. The van der Waals surface area contributed by atoms with Crippen LogP contribution in [0.1, 0.15) is 128 Å². The lowest BCUT2D eigenvalue weighted by molar-refractivity contribution is -0.102. The molecule has 0 radical (unpaired) electrons. The van der Waals surface area contributed by atoms with Crippen LogP contribution in [0, 0.1) is 5.41 Å². The summed E-state index contributed by atoms with van der Waals surface area (Å²) in [5.74, 6) is 2.98. The van der Waals surface area contributed by atoms with E-state index in [0.29, 0.717) is 22.9 Å². The van der Waals surface area contributed by atoms with Gasteiger partial charge in [0.2, 0.25) is 0 Å². The molecule has 1 spiro atoms. The number of allylic oxidation sites excluding steroid dienone is 2. The Morgan fingerprint density at radius 1 is 0.519 bits per heavy atom. The van der Waals surface area contributed by atoms with Crippen LogP contribution in [0.15, 0.2) is 96.1 Å². The quantitative estimate of drug-likeness (QED) is 0.116. The van der Waals surface area contributed by atoms with E-state index in [9.17, 15) is 0 Å². The van der Waals surface area contributed by atoms with Gasteiger partial charge < -0.3 is 32.4 Å². The van der Waals surface area contributed by atoms with Crippen molar-refractivity contribution in [2.45, 2.75) is 133 Å². The molecule has 2 saturated carbocycles. The van der Waals surface area contributed by atoms with Crippen molar-refractivity contribution in [1.82, 2.24) is 0 Å². The van der Waals surface area contributed by atoms with E-state index in [1.807, 2.05) is 48.5 Å². The van der Waals surface area contributed by atoms with Gasteiger partial charge in [0, 0.05) is 50.8 Å². The van der Waals surface area contributed by atoms with E-state index in [2.05, 4.69) is 77.9 Å². The fourth-order valence-electron chi connectivity index (χ4n) is 13.2. The first-order chi connectivity index (χ1) is 25.6. The van der Waals surface area contributed by atoms with Crippen LogP contribution >= 0.6 is 0 Å². The molecule has 1 atom stereocenters. The van der Waals surface area contributed by atoms with Crippen LogP contribution in [0.25, 0.3) is 0 Å². The average molecular weight is 725 g/mol. The van der Waals surface area contributed by atoms with Crippen LogP contribution in [-0.2, 0) is 16.2 Å². The van der Waals surface area contributed by atoms with Gasteiger partial charge in [-0.2, -0.15) is 0 Å². The summed E-state index contributed by atoms with van der Waals surface area (Å²) < 4.78 is 13.4. The molecule has 0 amide bonds. The second-order valence-corrected chi connectivity index (χ2v) is 18.3. The number of hydrogen-bond acceptors (Lipinski definition) is 6. The molecule has 2 fully saturated rings. The molecule has 4 aliphatic carbocycles. The summed E-state index contributed by atoms with van der Waals surface area (Å²) in [6.45, 7) is 14.4. The summed E-state index contributed by atoms with van der Waals surface area (Å²) in [4.78, 5) is 0. The van der Waals surface area contributed by atoms with Crippen LogP contribution in [0.4, 0.5) is 11.4 Å². The molecule has 4 aromatic carbocycles. The predicted octanol–water partition coefficient (Wildman–Crippen LogP) is 11.0. The zero-order valence-corrected chi connectivity index (χ0v) is 33.3. The molecule has 4 aliphatic rings. The maximum Gasteiger partial charge on any atom is 0.129 e. The minimum absolute atomic E-state index is 0.340. The first kappa shape index (κ1) is 36.7. The number of nitrogen functional groups attached to an aromatic ring is 2. The molecular formula is C48H60N4O2. The molecule has 6 nitrogen and oxygen atoms in total. The van der Waals surface area contributed by atoms with E-state index in [1.54, 1.807) is 0 Å². The smallest absolute Gasteiger partial charge is 0.129 e. The van der Waals surface area contributed by atoms with Crippen molar-refractivity contribution < 1.29 is 9.47 Å². The van der Waals surface area contributed by atoms with Crippen LogP contribution in [0.2, 0.25) is 0 Å². The lowest BCUT2D eigenvalue weighted by Gasteiger charge is -2.70. The topological polar surface area (TPSA) is 123 Å². The molecule has 284 valence electrons. The fourth-order valence-corrected chi connectivity index (χ4v) is 13.2. The van der Waals surface area contributed by atoms with Gasteiger partial charge in [-0.3, -0.25) is 0 Å². The molecule has 0 bridgehead atoms. The van der Waals surface area contributed by atoms with Crippen LogP contribution < -0.4 is 32.4 Å². The molecule has 8 N–H and O–H groups in total. The number of nitrogens with two attached hydrogens (primary N) is 4. The Labute approximate surface area is 322 Å². The second-order valence-electron chi connectivity index (χ2n) is 18.3. The highest BCUT2D eigenvalue weighted by molar-refractivity contribution is 5.76. The van der Waals surface area contributed by atoms with Gasteiger partial charge in [-0.25, -0.2) is 0 Å². The van der Waals surface area contributed by atoms with Crippen molar-refractivity contribution in [3.63, 3.8) is 0 Å². The zero-order chi connectivity index (χ0) is 38.3. The number of benzene rings is 4. The van der Waals surface area contributed by atoms with Crippen molar-refractivity contribution in [2.75, 3.05) is 11.5 Å². The molecular weight excluding hydrogens is 665 g/mol. The van der Waals surface area contributed by atoms with Crippen LogP contribution in [-0.4, -0.2) is 11.1 Å². The zero-order valence-electron chi connectivity index (χ0n) is 33.3. The largest absolute Gasteiger partial charge is 0.457 e. The van der Waals surface area contributed by atoms with Crippen LogP contribution in [0.3, 0.4) is 0 Å². The average Bonchev–Trinajstić information content (AvgIpc) is 3.43. The highest BCUT2D eigenvalue weighted by Gasteiger charge is 2.82. The third kappa shape index (κ3) is 4.91. The van der Waals surface area contributed by atoms with Crippen molar-refractivity contribution >= 4 is 11.4 Å². The van der Waals surface area contributed by atoms with E-state index in [4.69, 9.17) is 32.4 Å². The SMILES string of the molecule is CC(C)=C1C(C)(C)c2ccc(Oc3cccc(N)c3)cc2C12c1cc(Oc3cccc(N)c3)ccc1C(C)(C)C2(C1(N)CCCCC1)C1(N)CCCCC1. The molecule has 0 aromatic heterocycles. The number of anilines is 2. The van der Waals surface area contributed by atoms with Gasteiger partial charge in [0.05, 0.1) is 5.41 Å². The standard InChI is InChI=1S/C48H60N4O2/c1-31(2)42-43(3,4)38-21-19-36(53-34-17-13-15-32(49)27-34)29-40(38)47(42)41-30-37(54-35-18-14-16-33(50)28-35)20-22-39(41)44(5,6)48(47,45(51)23-9-7-10-24-45)46(52)25-11-8-12-26-46/h13-22,27-30H,7-12,23-26,49-52H2,1-6H3. The third-order valence-electron chi connectivity index (χ3n) is 14.3. The van der Waals surface area contributed by atoms with Gasteiger partial charge in [0.1, 0.15) is 23.0 Å². The van der Waals surface area contributed by atoms with Crippen LogP contribution in [0.5, 0.6) is 23.0 Å². The predicted molar refractivity (Wildman–Crippen MR) is 222 cm³/mol. The Morgan fingerprint density at radius 3 is 1.39 bits per heavy atom. The maximum absolute atomic E-state index is 8.40. The van der Waals surface area contributed by atoms with Gasteiger partial charge in [-0.15, -0.1) is 0 Å². The molecule has 0 aliphatic heterocycles. The van der Waals surface area contributed by atoms with Gasteiger partial charge in [0.15, 0.2) is 0 Å². The van der Waals surface area contributed by atoms with E-state index in [1.165, 1.54) is 46.2 Å². The summed E-state index contributed by atoms with van der Waals surface area (Å²) in [7, 11) is 0. The van der Waals surface area contributed by atoms with E-state index in [-0.39, 0.29) is 5.41 Å². The molecule has 8 rings (SSSR count). The van der Waals surface area contributed by atoms with Crippen molar-refractivity contribution in [2.24, 2.45) is 16.9 Å². The Kier molecular flexibility index (Phi) is 8.59. The van der Waals surface area contributed by atoms with E-state index < -0.39 is 27.3 Å². The Morgan fingerprint density at radius 2 is 0.944 bits per heavy atom. The highest BCUT2D eigenvalue weighted by Crippen LogP contribution is 2.80. The number of rotatable bonds is 6. The van der Waals surface area contributed by atoms with Gasteiger partial charge >= 0.3 is 0 Å². The highest BCUT2D eigenvalue weighted by atomic mass is 16.5. The summed E-state index contributed by atoms with van der Waals surface area (Å²) in [6.07, 6.45) is 10.5. The van der Waals surface area contributed by atoms with E-state index >= 15 is 0 Å². The number of fused-ring (bicyclic) bond motifs is 4. The third-order valence-corrected chi connectivity index (χ3v) is 14.3. The molecule has 0 saturated heterocycles. The van der Waals surface area contributed by atoms with E-state index in [0.717, 1.165) is 62.9 Å². The molecule has 4 aromatic rings. The lowest BCUT2D eigenvalue weighted by atomic mass is 9.35. The molecule has 0 heterocycles. The minimum atomic E-state index is -0.703. The summed E-state index contributed by atoms with van der Waals surface area (Å²) >= 11 is 0. The summed E-state index contributed by atoms with van der Waals surface area (Å²) in [5, 5.41) is 0. The lowest BCUT2D eigenvalue weighted by Crippen LogP contribution is -2.80. The first-order valence-corrected chi connectivity index (χ1v) is 20.3. The number of hydrogen-bond donors (Lipinski definition) is 4. The second kappa shape index (κ2) is 12.6. The Hall–Kier alpha value is -4.26. The fraction of sp³-hybridized carbons (Fsp3) is 0.458. The normalized spacial score (nSPS) is 24.1. The van der Waals surface area contributed by atoms with Gasteiger partial charge in [0.25, 0.3) is 0 Å². The van der Waals surface area contributed by atoms with Gasteiger partial charge in [-0.1, -0.05) is 96.1 Å². The van der Waals surface area contributed by atoms with Crippen molar-refractivity contribution in [3.05, 3.63) is 118 Å². The summed E-state index contributed by atoms with van der Waals surface area (Å²) in [6, 6.07) is 29.0. The number of ether oxygens (including phenoxy) is 2. The summed E-state index contributed by atoms with van der Waals surface area (Å²) in [5.41, 5.74) is 35.2. The monoisotopic (exact) mass is 724 g/mol. The molecule has 1 unspecified atom stereocenters. The molecule has 6 heteroatoms.